The fourth-order valence-electron chi connectivity index (χ4n) is 3.48. The highest BCUT2D eigenvalue weighted by Crippen LogP contribution is 2.34. The number of ether oxygens (including phenoxy) is 1. The van der Waals surface area contributed by atoms with Crippen molar-refractivity contribution in [3.63, 3.8) is 0 Å². The van der Waals surface area contributed by atoms with E-state index in [1.165, 1.54) is 19.2 Å². The van der Waals surface area contributed by atoms with Gasteiger partial charge < -0.3 is 15.8 Å². The zero-order chi connectivity index (χ0) is 26.0. The van der Waals surface area contributed by atoms with Crippen molar-refractivity contribution in [3.8, 4) is 5.75 Å². The van der Waals surface area contributed by atoms with Crippen LogP contribution in [0.1, 0.15) is 10.4 Å². The third kappa shape index (κ3) is 4.99. The number of sulfonamides is 1. The Morgan fingerprint density at radius 1 is 1.11 bits per heavy atom. The van der Waals surface area contributed by atoms with E-state index in [1.54, 1.807) is 42.5 Å². The number of carbonyl (C=O) groups excluding carboxylic acids is 1. The molecule has 0 aliphatic heterocycles. The van der Waals surface area contributed by atoms with Crippen LogP contribution in [0.3, 0.4) is 0 Å². The zero-order valence-electron chi connectivity index (χ0n) is 18.6. The number of nitrogens with one attached hydrogen (secondary N) is 2. The Bertz CT molecular complexity index is 1630. The van der Waals surface area contributed by atoms with E-state index in [0.29, 0.717) is 27.4 Å². The molecular formula is C23H18ClN5O6S. The van der Waals surface area contributed by atoms with Crippen molar-refractivity contribution in [2.75, 3.05) is 17.1 Å². The van der Waals surface area contributed by atoms with Crippen molar-refractivity contribution < 1.29 is 22.9 Å². The third-order valence-electron chi connectivity index (χ3n) is 5.09. The number of rotatable bonds is 8. The molecule has 0 bridgehead atoms. The second-order valence-corrected chi connectivity index (χ2v) is 9.54. The summed E-state index contributed by atoms with van der Waals surface area (Å²) in [5.74, 6) is -0.505. The molecule has 0 radical (unpaired) electrons. The number of carbonyl (C=O) groups is 1. The zero-order valence-corrected chi connectivity index (χ0v) is 20.1. The molecule has 1 heterocycles. The van der Waals surface area contributed by atoms with Gasteiger partial charge in [0.05, 0.1) is 23.2 Å². The molecule has 0 saturated carbocycles. The number of pyridine rings is 1. The standard InChI is InChI=1S/C23H18ClN5O6S/c1-35-16-9-8-13-10-19(23(27-18(13)12-16)26-15-5-2-4-14(24)11-15)28-36(33,34)20-7-3-6-17(22(25)30)21(20)29(31)32/h2-12,28H,1H3,(H2,25,30)(H,26,27). The molecule has 0 spiro atoms. The molecule has 36 heavy (non-hydrogen) atoms. The van der Waals surface area contributed by atoms with Crippen LogP contribution in [-0.4, -0.2) is 31.3 Å². The Balaban J connectivity index is 1.87. The first-order valence-electron chi connectivity index (χ1n) is 10.2. The SMILES string of the molecule is COc1ccc2cc(NS(=O)(=O)c3cccc(C(N)=O)c3[N+](=O)[O-])c(Nc3cccc(Cl)c3)nc2c1. The number of nitrogens with two attached hydrogens (primary N) is 1. The highest BCUT2D eigenvalue weighted by Gasteiger charge is 2.31. The van der Waals surface area contributed by atoms with Crippen molar-refractivity contribution in [2.45, 2.75) is 4.90 Å². The van der Waals surface area contributed by atoms with Crippen molar-refractivity contribution in [3.05, 3.63) is 87.4 Å². The summed E-state index contributed by atoms with van der Waals surface area (Å²) in [7, 11) is -3.08. The van der Waals surface area contributed by atoms with Gasteiger partial charge in [-0.3, -0.25) is 19.6 Å². The van der Waals surface area contributed by atoms with Crippen LogP contribution < -0.4 is 20.5 Å². The van der Waals surface area contributed by atoms with Gasteiger partial charge in [0.25, 0.3) is 15.9 Å². The number of aromatic nitrogens is 1. The number of primary amides is 1. The van der Waals surface area contributed by atoms with Gasteiger partial charge >= 0.3 is 5.69 Å². The van der Waals surface area contributed by atoms with E-state index in [2.05, 4.69) is 15.0 Å². The van der Waals surface area contributed by atoms with Crippen molar-refractivity contribution in [2.24, 2.45) is 5.73 Å². The minimum atomic E-state index is -4.58. The lowest BCUT2D eigenvalue weighted by atomic mass is 10.2. The molecular weight excluding hydrogens is 510 g/mol. The van der Waals surface area contributed by atoms with Gasteiger partial charge in [-0.05, 0) is 48.5 Å². The first-order chi connectivity index (χ1) is 17.1. The lowest BCUT2D eigenvalue weighted by Crippen LogP contribution is -2.19. The quantitative estimate of drug-likeness (QED) is 0.223. The van der Waals surface area contributed by atoms with Crippen LogP contribution in [0.2, 0.25) is 5.02 Å². The number of para-hydroxylation sites is 1. The number of nitro benzene ring substituents is 1. The molecule has 4 N–H and O–H groups in total. The molecule has 3 aromatic carbocycles. The van der Waals surface area contributed by atoms with Gasteiger partial charge in [0.2, 0.25) is 0 Å². The normalized spacial score (nSPS) is 11.2. The Labute approximate surface area is 210 Å². The minimum Gasteiger partial charge on any atom is -0.497 e. The van der Waals surface area contributed by atoms with Crippen molar-refractivity contribution in [1.29, 1.82) is 0 Å². The predicted molar refractivity (Wildman–Crippen MR) is 135 cm³/mol. The maximum atomic E-state index is 13.3. The molecule has 0 unspecified atom stereocenters. The first kappa shape index (κ1) is 24.7. The van der Waals surface area contributed by atoms with Crippen molar-refractivity contribution >= 4 is 61.3 Å². The molecule has 0 aliphatic rings. The Morgan fingerprint density at radius 2 is 1.86 bits per heavy atom. The highest BCUT2D eigenvalue weighted by atomic mass is 35.5. The Kier molecular flexibility index (Phi) is 6.64. The summed E-state index contributed by atoms with van der Waals surface area (Å²) < 4.78 is 34.3. The van der Waals surface area contributed by atoms with E-state index >= 15 is 0 Å². The maximum absolute atomic E-state index is 13.3. The Hall–Kier alpha value is -4.42. The van der Waals surface area contributed by atoms with Crippen LogP contribution in [0.25, 0.3) is 10.9 Å². The van der Waals surface area contributed by atoms with Crippen LogP contribution in [0, 0.1) is 10.1 Å². The predicted octanol–water partition coefficient (Wildman–Crippen LogP) is 4.45. The number of nitrogens with zero attached hydrogens (tertiary/aromatic N) is 2. The molecule has 0 saturated heterocycles. The maximum Gasteiger partial charge on any atom is 0.302 e. The van der Waals surface area contributed by atoms with Crippen LogP contribution >= 0.6 is 11.6 Å². The number of nitro groups is 1. The highest BCUT2D eigenvalue weighted by molar-refractivity contribution is 7.92. The molecule has 11 nitrogen and oxygen atoms in total. The van der Waals surface area contributed by atoms with Gasteiger partial charge in [-0.1, -0.05) is 23.7 Å². The number of fused-ring (bicyclic) bond motifs is 1. The number of hydrogen-bond acceptors (Lipinski definition) is 8. The van der Waals surface area contributed by atoms with E-state index in [-0.39, 0.29) is 11.5 Å². The lowest BCUT2D eigenvalue weighted by molar-refractivity contribution is -0.388. The molecule has 184 valence electrons. The van der Waals surface area contributed by atoms with Gasteiger partial charge in [-0.25, -0.2) is 13.4 Å². The van der Waals surface area contributed by atoms with E-state index < -0.39 is 37.0 Å². The monoisotopic (exact) mass is 527 g/mol. The van der Waals surface area contributed by atoms with Crippen LogP contribution in [0.15, 0.2) is 71.6 Å². The molecule has 4 aromatic rings. The lowest BCUT2D eigenvalue weighted by Gasteiger charge is -2.16. The summed E-state index contributed by atoms with van der Waals surface area (Å²) in [5.41, 5.74) is 4.75. The van der Waals surface area contributed by atoms with Gasteiger partial charge in [-0.2, -0.15) is 0 Å². The molecule has 0 fully saturated rings. The molecule has 1 amide bonds. The summed E-state index contributed by atoms with van der Waals surface area (Å²) >= 11 is 6.07. The summed E-state index contributed by atoms with van der Waals surface area (Å²) in [6.45, 7) is 0. The van der Waals surface area contributed by atoms with Gasteiger partial charge in [-0.15, -0.1) is 0 Å². The largest absolute Gasteiger partial charge is 0.497 e. The molecule has 4 rings (SSSR count). The number of benzene rings is 3. The molecule has 0 atom stereocenters. The van der Waals surface area contributed by atoms with Gasteiger partial charge in [0.1, 0.15) is 11.3 Å². The second kappa shape index (κ2) is 9.68. The van der Waals surface area contributed by atoms with E-state index in [4.69, 9.17) is 22.1 Å². The number of halogens is 1. The number of amides is 1. The number of anilines is 3. The number of hydrogen-bond donors (Lipinski definition) is 3. The molecule has 1 aromatic heterocycles. The smallest absolute Gasteiger partial charge is 0.302 e. The van der Waals surface area contributed by atoms with Gasteiger partial charge in [0, 0.05) is 22.2 Å². The average Bonchev–Trinajstić information content (AvgIpc) is 2.83. The first-order valence-corrected chi connectivity index (χ1v) is 12.1. The molecule has 0 aliphatic carbocycles. The Morgan fingerprint density at radius 3 is 2.53 bits per heavy atom. The van der Waals surface area contributed by atoms with Gasteiger partial charge in [0.15, 0.2) is 10.7 Å². The fourth-order valence-corrected chi connectivity index (χ4v) is 4.92. The summed E-state index contributed by atoms with van der Waals surface area (Å²) in [6, 6.07) is 16.5. The van der Waals surface area contributed by atoms with Crippen LogP contribution in [-0.2, 0) is 10.0 Å². The third-order valence-corrected chi connectivity index (χ3v) is 6.73. The topological polar surface area (TPSA) is 167 Å². The van der Waals surface area contributed by atoms with Crippen molar-refractivity contribution in [1.82, 2.24) is 4.98 Å². The van der Waals surface area contributed by atoms with E-state index in [9.17, 15) is 23.3 Å². The average molecular weight is 528 g/mol. The summed E-state index contributed by atoms with van der Waals surface area (Å²) in [6.07, 6.45) is 0. The minimum absolute atomic E-state index is 0.00795. The fraction of sp³-hybridized carbons (Fsp3) is 0.0435. The summed E-state index contributed by atoms with van der Waals surface area (Å²) in [4.78, 5) is 26.2. The molecule has 13 heteroatoms. The van der Waals surface area contributed by atoms with E-state index in [0.717, 1.165) is 12.1 Å². The second-order valence-electron chi connectivity index (χ2n) is 7.46. The number of methoxy groups -OCH3 is 1. The van der Waals surface area contributed by atoms with E-state index in [1.807, 2.05) is 0 Å². The van der Waals surface area contributed by atoms with Crippen LogP contribution in [0.4, 0.5) is 22.9 Å². The van der Waals surface area contributed by atoms with Crippen LogP contribution in [0.5, 0.6) is 5.75 Å². The summed E-state index contributed by atoms with van der Waals surface area (Å²) in [5, 5.41) is 15.7.